The molecule has 0 aliphatic carbocycles. The quantitative estimate of drug-likeness (QED) is 0.458. The van der Waals surface area contributed by atoms with Crippen LogP contribution in [-0.2, 0) is 16.0 Å². The van der Waals surface area contributed by atoms with E-state index in [1.807, 2.05) is 6.07 Å². The molecule has 0 atom stereocenters. The van der Waals surface area contributed by atoms with Gasteiger partial charge in [-0.3, -0.25) is 0 Å². The van der Waals surface area contributed by atoms with Crippen molar-refractivity contribution < 1.29 is 13.9 Å². The molecule has 0 unspecified atom stereocenters. The van der Waals surface area contributed by atoms with Gasteiger partial charge in [-0.15, -0.1) is 0 Å². The first kappa shape index (κ1) is 14.4. The van der Waals surface area contributed by atoms with E-state index in [0.29, 0.717) is 31.7 Å². The van der Waals surface area contributed by atoms with Gasteiger partial charge in [0, 0.05) is 12.6 Å². The third-order valence-corrected chi connectivity index (χ3v) is 2.33. The van der Waals surface area contributed by atoms with Gasteiger partial charge >= 0.3 is 5.97 Å². The van der Waals surface area contributed by atoms with Gasteiger partial charge in [0.1, 0.15) is 5.82 Å². The maximum atomic E-state index is 13.3. The van der Waals surface area contributed by atoms with Crippen molar-refractivity contribution in [2.45, 2.75) is 13.3 Å². The molecule has 18 heavy (non-hydrogen) atoms. The van der Waals surface area contributed by atoms with Crippen molar-refractivity contribution in [1.29, 1.82) is 0 Å². The smallest absolute Gasteiger partial charge is 0.330 e. The number of rotatable bonds is 7. The van der Waals surface area contributed by atoms with Crippen LogP contribution in [0.5, 0.6) is 0 Å². The Morgan fingerprint density at radius 1 is 1.44 bits per heavy atom. The van der Waals surface area contributed by atoms with E-state index in [9.17, 15) is 9.18 Å². The zero-order chi connectivity index (χ0) is 13.2. The van der Waals surface area contributed by atoms with Gasteiger partial charge in [0.2, 0.25) is 0 Å². The number of ether oxygens (including phenoxy) is 1. The Bertz CT molecular complexity index is 405. The van der Waals surface area contributed by atoms with Crippen LogP contribution in [-0.4, -0.2) is 25.7 Å². The fourth-order valence-corrected chi connectivity index (χ4v) is 1.46. The second-order valence-electron chi connectivity index (χ2n) is 3.70. The summed E-state index contributed by atoms with van der Waals surface area (Å²) in [5, 5.41) is 3.10. The standard InChI is InChI=1S/C14H18FNO2/c1-2-18-14(17)8-5-10-16-11-9-12-6-3-4-7-13(12)15/h3-8,16H,2,9-11H2,1H3/b8-5+. The molecule has 1 aromatic rings. The normalized spacial score (nSPS) is 10.8. The Balaban J connectivity index is 2.16. The number of esters is 1. The molecule has 1 N–H and O–H groups in total. The molecule has 0 bridgehead atoms. The predicted molar refractivity (Wildman–Crippen MR) is 68.7 cm³/mol. The van der Waals surface area contributed by atoms with Crippen LogP contribution < -0.4 is 5.32 Å². The van der Waals surface area contributed by atoms with Crippen LogP contribution in [0.3, 0.4) is 0 Å². The molecule has 0 aliphatic heterocycles. The molecule has 3 nitrogen and oxygen atoms in total. The zero-order valence-corrected chi connectivity index (χ0v) is 10.5. The topological polar surface area (TPSA) is 38.3 Å². The number of carbonyl (C=O) groups is 1. The van der Waals surface area contributed by atoms with Crippen molar-refractivity contribution >= 4 is 5.97 Å². The van der Waals surface area contributed by atoms with Gasteiger partial charge in [-0.2, -0.15) is 0 Å². The monoisotopic (exact) mass is 251 g/mol. The van der Waals surface area contributed by atoms with E-state index in [0.717, 1.165) is 0 Å². The lowest BCUT2D eigenvalue weighted by Gasteiger charge is -2.03. The second-order valence-corrected chi connectivity index (χ2v) is 3.70. The Morgan fingerprint density at radius 2 is 2.22 bits per heavy atom. The molecular weight excluding hydrogens is 233 g/mol. The maximum absolute atomic E-state index is 13.3. The van der Waals surface area contributed by atoms with Crippen molar-refractivity contribution in [2.75, 3.05) is 19.7 Å². The molecule has 0 saturated heterocycles. The van der Waals surface area contributed by atoms with E-state index < -0.39 is 0 Å². The maximum Gasteiger partial charge on any atom is 0.330 e. The van der Waals surface area contributed by atoms with E-state index in [1.54, 1.807) is 25.1 Å². The van der Waals surface area contributed by atoms with Crippen LogP contribution in [0.1, 0.15) is 12.5 Å². The highest BCUT2D eigenvalue weighted by atomic mass is 19.1. The lowest BCUT2D eigenvalue weighted by Crippen LogP contribution is -2.17. The van der Waals surface area contributed by atoms with E-state index in [4.69, 9.17) is 4.74 Å². The predicted octanol–water partition coefficient (Wildman–Crippen LogP) is 2.08. The third kappa shape index (κ3) is 5.59. The number of halogens is 1. The number of nitrogens with one attached hydrogen (secondary N) is 1. The Hall–Kier alpha value is -1.68. The summed E-state index contributed by atoms with van der Waals surface area (Å²) in [5.41, 5.74) is 0.694. The van der Waals surface area contributed by atoms with Gasteiger partial charge in [0.25, 0.3) is 0 Å². The minimum atomic E-state index is -0.339. The van der Waals surface area contributed by atoms with Crippen molar-refractivity contribution in [3.8, 4) is 0 Å². The minimum absolute atomic E-state index is 0.179. The Labute approximate surface area is 107 Å². The summed E-state index contributed by atoms with van der Waals surface area (Å²) >= 11 is 0. The van der Waals surface area contributed by atoms with Crippen molar-refractivity contribution in [2.24, 2.45) is 0 Å². The molecule has 0 spiro atoms. The summed E-state index contributed by atoms with van der Waals surface area (Å²) in [6.07, 6.45) is 3.71. The second kappa shape index (κ2) is 8.42. The SMILES string of the molecule is CCOC(=O)/C=C/CNCCc1ccccc1F. The van der Waals surface area contributed by atoms with Gasteiger partial charge in [-0.1, -0.05) is 24.3 Å². The Morgan fingerprint density at radius 3 is 2.94 bits per heavy atom. The number of carbonyl (C=O) groups excluding carboxylic acids is 1. The molecule has 0 aromatic heterocycles. The molecule has 1 aromatic carbocycles. The van der Waals surface area contributed by atoms with Gasteiger partial charge in [-0.05, 0) is 31.5 Å². The molecular formula is C14H18FNO2. The lowest BCUT2D eigenvalue weighted by molar-refractivity contribution is -0.137. The fraction of sp³-hybridized carbons (Fsp3) is 0.357. The molecule has 0 saturated carbocycles. The first-order valence-electron chi connectivity index (χ1n) is 6.01. The first-order valence-corrected chi connectivity index (χ1v) is 6.01. The van der Waals surface area contributed by atoms with Crippen LogP contribution in [0.4, 0.5) is 4.39 Å². The average Bonchev–Trinajstić information content (AvgIpc) is 2.36. The average molecular weight is 251 g/mol. The van der Waals surface area contributed by atoms with Gasteiger partial charge in [-0.25, -0.2) is 9.18 Å². The fourth-order valence-electron chi connectivity index (χ4n) is 1.46. The molecule has 98 valence electrons. The summed E-state index contributed by atoms with van der Waals surface area (Å²) in [6.45, 7) is 3.36. The van der Waals surface area contributed by atoms with Crippen LogP contribution in [0.25, 0.3) is 0 Å². The zero-order valence-electron chi connectivity index (χ0n) is 10.5. The van der Waals surface area contributed by atoms with Crippen LogP contribution in [0, 0.1) is 5.82 Å². The van der Waals surface area contributed by atoms with Crippen molar-refractivity contribution in [3.05, 3.63) is 47.8 Å². The molecule has 0 aliphatic rings. The highest BCUT2D eigenvalue weighted by Gasteiger charge is 1.98. The first-order chi connectivity index (χ1) is 8.74. The number of hydrogen-bond donors (Lipinski definition) is 1. The molecule has 0 heterocycles. The molecule has 0 amide bonds. The number of benzene rings is 1. The van der Waals surface area contributed by atoms with Crippen molar-refractivity contribution in [3.63, 3.8) is 0 Å². The largest absolute Gasteiger partial charge is 0.463 e. The van der Waals surface area contributed by atoms with E-state index in [2.05, 4.69) is 5.32 Å². The van der Waals surface area contributed by atoms with E-state index in [-0.39, 0.29) is 11.8 Å². The molecule has 0 radical (unpaired) electrons. The summed E-state index contributed by atoms with van der Waals surface area (Å²) < 4.78 is 18.0. The summed E-state index contributed by atoms with van der Waals surface area (Å²) in [7, 11) is 0. The van der Waals surface area contributed by atoms with Gasteiger partial charge in [0.15, 0.2) is 0 Å². The van der Waals surface area contributed by atoms with E-state index in [1.165, 1.54) is 12.1 Å². The third-order valence-electron chi connectivity index (χ3n) is 2.33. The lowest BCUT2D eigenvalue weighted by atomic mass is 10.1. The van der Waals surface area contributed by atoms with Crippen molar-refractivity contribution in [1.82, 2.24) is 5.32 Å². The minimum Gasteiger partial charge on any atom is -0.463 e. The Kier molecular flexibility index (Phi) is 6.72. The molecule has 1 rings (SSSR count). The highest BCUT2D eigenvalue weighted by Crippen LogP contribution is 2.05. The number of hydrogen-bond acceptors (Lipinski definition) is 3. The van der Waals surface area contributed by atoms with Gasteiger partial charge in [0.05, 0.1) is 6.61 Å². The molecule has 4 heteroatoms. The van der Waals surface area contributed by atoms with E-state index >= 15 is 0 Å². The molecule has 0 fully saturated rings. The van der Waals surface area contributed by atoms with Gasteiger partial charge < -0.3 is 10.1 Å². The van der Waals surface area contributed by atoms with Crippen LogP contribution >= 0.6 is 0 Å². The van der Waals surface area contributed by atoms with Crippen LogP contribution in [0.15, 0.2) is 36.4 Å². The summed E-state index contributed by atoms with van der Waals surface area (Å²) in [6, 6.07) is 6.72. The van der Waals surface area contributed by atoms with Crippen LogP contribution in [0.2, 0.25) is 0 Å². The summed E-state index contributed by atoms with van der Waals surface area (Å²) in [5.74, 6) is -0.519. The summed E-state index contributed by atoms with van der Waals surface area (Å²) in [4.78, 5) is 11.0. The highest BCUT2D eigenvalue weighted by molar-refractivity contribution is 5.81.